The molecule has 0 atom stereocenters. The molecule has 1 aromatic carbocycles. The van der Waals surface area contributed by atoms with Crippen LogP contribution in [-0.2, 0) is 19.5 Å². The first-order chi connectivity index (χ1) is 13.7. The van der Waals surface area contributed by atoms with Crippen LogP contribution in [0.1, 0.15) is 16.1 Å². The number of H-pyrrole nitrogens is 1. The predicted molar refractivity (Wildman–Crippen MR) is 115 cm³/mol. The number of benzene rings is 1. The second-order valence-electron chi connectivity index (χ2n) is 6.87. The fraction of sp³-hybridized carbons (Fsp3) is 0.190. The molecule has 3 aromatic heterocycles. The van der Waals surface area contributed by atoms with Crippen LogP contribution in [0.4, 0.5) is 0 Å². The topological polar surface area (TPSA) is 61.9 Å². The SMILES string of the molecule is O=c1[nH]c(-c2ccncc2)nc2c1CN(Cc1sc3ccccc3c1Br)CC2. The minimum absolute atomic E-state index is 0.0445. The fourth-order valence-corrected chi connectivity index (χ4v) is 5.62. The summed E-state index contributed by atoms with van der Waals surface area (Å²) in [4.78, 5) is 28.0. The van der Waals surface area contributed by atoms with Crippen LogP contribution >= 0.6 is 27.3 Å². The molecule has 1 aliphatic heterocycles. The second-order valence-corrected chi connectivity index (χ2v) is 8.80. The molecule has 0 bridgehead atoms. The Balaban J connectivity index is 1.42. The van der Waals surface area contributed by atoms with Gasteiger partial charge in [0.15, 0.2) is 0 Å². The molecule has 4 aromatic rings. The highest BCUT2D eigenvalue weighted by Crippen LogP contribution is 2.36. The van der Waals surface area contributed by atoms with Gasteiger partial charge in [-0.15, -0.1) is 11.3 Å². The lowest BCUT2D eigenvalue weighted by molar-refractivity contribution is 0.243. The quantitative estimate of drug-likeness (QED) is 0.501. The minimum Gasteiger partial charge on any atom is -0.306 e. The number of halogens is 1. The van der Waals surface area contributed by atoms with Gasteiger partial charge < -0.3 is 4.98 Å². The van der Waals surface area contributed by atoms with E-state index in [0.29, 0.717) is 12.4 Å². The van der Waals surface area contributed by atoms with Crippen LogP contribution in [0.3, 0.4) is 0 Å². The highest BCUT2D eigenvalue weighted by Gasteiger charge is 2.23. The van der Waals surface area contributed by atoms with E-state index < -0.39 is 0 Å². The third kappa shape index (κ3) is 3.19. The number of aromatic nitrogens is 3. The summed E-state index contributed by atoms with van der Waals surface area (Å²) in [5.74, 6) is 0.617. The molecule has 1 N–H and O–H groups in total. The van der Waals surface area contributed by atoms with Crippen molar-refractivity contribution in [3.05, 3.63) is 79.8 Å². The lowest BCUT2D eigenvalue weighted by Crippen LogP contribution is -2.35. The van der Waals surface area contributed by atoms with Crippen molar-refractivity contribution in [1.29, 1.82) is 0 Å². The molecule has 0 fully saturated rings. The van der Waals surface area contributed by atoms with Gasteiger partial charge in [0.1, 0.15) is 5.82 Å². The van der Waals surface area contributed by atoms with E-state index in [-0.39, 0.29) is 5.56 Å². The summed E-state index contributed by atoms with van der Waals surface area (Å²) in [5.41, 5.74) is 2.52. The van der Waals surface area contributed by atoms with E-state index >= 15 is 0 Å². The molecular weight excluding hydrogens is 436 g/mol. The van der Waals surface area contributed by atoms with Crippen LogP contribution in [0.5, 0.6) is 0 Å². The first kappa shape index (κ1) is 17.7. The molecule has 5 rings (SSSR count). The van der Waals surface area contributed by atoms with Crippen LogP contribution in [0.15, 0.2) is 58.1 Å². The van der Waals surface area contributed by atoms with E-state index in [2.05, 4.69) is 55.1 Å². The molecular formula is C21H17BrN4OS. The van der Waals surface area contributed by atoms with E-state index in [0.717, 1.165) is 36.3 Å². The Morgan fingerprint density at radius 2 is 2.00 bits per heavy atom. The van der Waals surface area contributed by atoms with Gasteiger partial charge in [0, 0.05) is 63.4 Å². The molecule has 0 saturated carbocycles. The average Bonchev–Trinajstić information content (AvgIpc) is 3.04. The largest absolute Gasteiger partial charge is 0.306 e. The number of rotatable bonds is 3. The van der Waals surface area contributed by atoms with Crippen molar-refractivity contribution in [2.75, 3.05) is 6.54 Å². The van der Waals surface area contributed by atoms with Gasteiger partial charge in [-0.25, -0.2) is 4.98 Å². The molecule has 7 heteroatoms. The number of fused-ring (bicyclic) bond motifs is 2. The third-order valence-corrected chi connectivity index (χ3v) is 7.39. The van der Waals surface area contributed by atoms with Crippen molar-refractivity contribution in [1.82, 2.24) is 19.9 Å². The highest BCUT2D eigenvalue weighted by molar-refractivity contribution is 9.10. The molecule has 140 valence electrons. The number of hydrogen-bond acceptors (Lipinski definition) is 5. The molecule has 1 aliphatic rings. The number of aromatic amines is 1. The van der Waals surface area contributed by atoms with Crippen molar-refractivity contribution >= 4 is 37.4 Å². The maximum Gasteiger partial charge on any atom is 0.255 e. The van der Waals surface area contributed by atoms with E-state index in [1.807, 2.05) is 12.1 Å². The van der Waals surface area contributed by atoms with Crippen LogP contribution in [0, 0.1) is 0 Å². The van der Waals surface area contributed by atoms with Crippen molar-refractivity contribution < 1.29 is 0 Å². The summed E-state index contributed by atoms with van der Waals surface area (Å²) >= 11 is 5.57. The maximum atomic E-state index is 12.7. The van der Waals surface area contributed by atoms with Gasteiger partial charge in [0.2, 0.25) is 0 Å². The molecule has 0 aliphatic carbocycles. The van der Waals surface area contributed by atoms with Crippen LogP contribution in [0.25, 0.3) is 21.5 Å². The number of hydrogen-bond donors (Lipinski definition) is 1. The Kier molecular flexibility index (Phi) is 4.58. The van der Waals surface area contributed by atoms with Crippen molar-refractivity contribution in [3.8, 4) is 11.4 Å². The van der Waals surface area contributed by atoms with Gasteiger partial charge in [-0.1, -0.05) is 18.2 Å². The van der Waals surface area contributed by atoms with Crippen molar-refractivity contribution in [2.24, 2.45) is 0 Å². The first-order valence-electron chi connectivity index (χ1n) is 9.10. The molecule has 28 heavy (non-hydrogen) atoms. The van der Waals surface area contributed by atoms with Gasteiger partial charge in [0.25, 0.3) is 5.56 Å². The normalized spacial score (nSPS) is 14.3. The molecule has 0 unspecified atom stereocenters. The lowest BCUT2D eigenvalue weighted by atomic mass is 10.1. The van der Waals surface area contributed by atoms with E-state index in [9.17, 15) is 4.79 Å². The smallest absolute Gasteiger partial charge is 0.255 e. The van der Waals surface area contributed by atoms with Gasteiger partial charge in [-0.3, -0.25) is 14.7 Å². The van der Waals surface area contributed by atoms with Gasteiger partial charge in [0.05, 0.1) is 11.3 Å². The Bertz CT molecular complexity index is 1220. The maximum absolute atomic E-state index is 12.7. The van der Waals surface area contributed by atoms with Crippen LogP contribution in [0.2, 0.25) is 0 Å². The zero-order chi connectivity index (χ0) is 19.1. The predicted octanol–water partition coefficient (Wildman–Crippen LogP) is 4.37. The molecule has 0 spiro atoms. The van der Waals surface area contributed by atoms with Gasteiger partial charge >= 0.3 is 0 Å². The zero-order valence-electron chi connectivity index (χ0n) is 15.0. The molecule has 4 heterocycles. The number of thiophene rings is 1. The zero-order valence-corrected chi connectivity index (χ0v) is 17.4. The third-order valence-electron chi connectivity index (χ3n) is 5.07. The summed E-state index contributed by atoms with van der Waals surface area (Å²) in [6, 6.07) is 12.1. The Morgan fingerprint density at radius 1 is 1.18 bits per heavy atom. The summed E-state index contributed by atoms with van der Waals surface area (Å²) in [6.45, 7) is 2.33. The lowest BCUT2D eigenvalue weighted by Gasteiger charge is -2.27. The minimum atomic E-state index is -0.0445. The van der Waals surface area contributed by atoms with Gasteiger partial charge in [-0.2, -0.15) is 0 Å². The average molecular weight is 453 g/mol. The van der Waals surface area contributed by atoms with Gasteiger partial charge in [-0.05, 0) is 34.1 Å². The summed E-state index contributed by atoms with van der Waals surface area (Å²) in [6.07, 6.45) is 4.19. The number of nitrogens with one attached hydrogen (secondary N) is 1. The fourth-order valence-electron chi connectivity index (χ4n) is 3.63. The van der Waals surface area contributed by atoms with Crippen LogP contribution < -0.4 is 5.56 Å². The second kappa shape index (κ2) is 7.24. The standard InChI is InChI=1S/C21H17BrN4OS/c22-19-14-3-1-2-4-17(14)28-18(19)12-26-10-7-16-15(11-26)21(27)25-20(24-16)13-5-8-23-9-6-13/h1-6,8-9H,7,10-12H2,(H,24,25,27). The van der Waals surface area contributed by atoms with Crippen LogP contribution in [-0.4, -0.2) is 26.4 Å². The molecule has 0 radical (unpaired) electrons. The molecule has 0 saturated heterocycles. The number of pyridine rings is 1. The summed E-state index contributed by atoms with van der Waals surface area (Å²) < 4.78 is 2.45. The first-order valence-corrected chi connectivity index (χ1v) is 10.7. The number of nitrogens with zero attached hydrogens (tertiary/aromatic N) is 3. The summed E-state index contributed by atoms with van der Waals surface area (Å²) in [5, 5.41) is 1.25. The van der Waals surface area contributed by atoms with E-state index in [4.69, 9.17) is 4.98 Å². The van der Waals surface area contributed by atoms with E-state index in [1.165, 1.54) is 19.4 Å². The Hall–Kier alpha value is -2.35. The molecule has 0 amide bonds. The monoisotopic (exact) mass is 452 g/mol. The van der Waals surface area contributed by atoms with E-state index in [1.54, 1.807) is 23.7 Å². The highest BCUT2D eigenvalue weighted by atomic mass is 79.9. The Labute approximate surface area is 174 Å². The van der Waals surface area contributed by atoms with Crippen molar-refractivity contribution in [3.63, 3.8) is 0 Å². The van der Waals surface area contributed by atoms with Crippen molar-refractivity contribution in [2.45, 2.75) is 19.5 Å². The Morgan fingerprint density at radius 3 is 2.82 bits per heavy atom. The molecule has 5 nitrogen and oxygen atoms in total. The summed E-state index contributed by atoms with van der Waals surface area (Å²) in [7, 11) is 0.